The summed E-state index contributed by atoms with van der Waals surface area (Å²) < 4.78 is 14.4. The van der Waals surface area contributed by atoms with Gasteiger partial charge in [0, 0.05) is 31.2 Å². The van der Waals surface area contributed by atoms with Crippen LogP contribution in [0.1, 0.15) is 24.0 Å². The highest BCUT2D eigenvalue weighted by Crippen LogP contribution is 2.24. The van der Waals surface area contributed by atoms with Crippen LogP contribution >= 0.6 is 11.6 Å². The molecule has 1 fully saturated rings. The average molecular weight is 349 g/mol. The van der Waals surface area contributed by atoms with Crippen LogP contribution in [0.3, 0.4) is 0 Å². The second-order valence-electron chi connectivity index (χ2n) is 6.24. The molecule has 0 atom stereocenters. The van der Waals surface area contributed by atoms with Crippen LogP contribution in [0.25, 0.3) is 0 Å². The smallest absolute Gasteiger partial charge is 0.146 e. The van der Waals surface area contributed by atoms with Gasteiger partial charge >= 0.3 is 0 Å². The first kappa shape index (κ1) is 17.2. The van der Waals surface area contributed by atoms with E-state index in [-0.39, 0.29) is 11.9 Å². The van der Waals surface area contributed by atoms with Crippen molar-refractivity contribution in [2.45, 2.75) is 32.0 Å². The van der Waals surface area contributed by atoms with Gasteiger partial charge in [0.25, 0.3) is 0 Å². The fourth-order valence-corrected chi connectivity index (χ4v) is 3.23. The predicted octanol–water partition coefficient (Wildman–Crippen LogP) is 3.73. The highest BCUT2D eigenvalue weighted by molar-refractivity contribution is 6.30. The fourth-order valence-electron chi connectivity index (χ4n) is 3.02. The quantitative estimate of drug-likeness (QED) is 0.864. The fraction of sp³-hybridized carbons (Fsp3) is 0.368. The molecule has 128 valence electrons. The minimum atomic E-state index is -0.251. The summed E-state index contributed by atoms with van der Waals surface area (Å²) >= 11 is 5.96. The normalized spacial score (nSPS) is 15.7. The van der Waals surface area contributed by atoms with Gasteiger partial charge in [-0.1, -0.05) is 29.8 Å². The van der Waals surface area contributed by atoms with E-state index in [9.17, 15) is 9.50 Å². The number of hydrogen-bond acceptors (Lipinski definition) is 3. The molecule has 0 bridgehead atoms. The van der Waals surface area contributed by atoms with Gasteiger partial charge in [0.15, 0.2) is 0 Å². The van der Waals surface area contributed by atoms with Gasteiger partial charge in [-0.15, -0.1) is 0 Å². The predicted molar refractivity (Wildman–Crippen MR) is 95.8 cm³/mol. The van der Waals surface area contributed by atoms with Gasteiger partial charge in [0.05, 0.1) is 11.8 Å². The molecule has 24 heavy (non-hydrogen) atoms. The molecule has 3 nitrogen and oxygen atoms in total. The van der Waals surface area contributed by atoms with Crippen molar-refractivity contribution in [2.75, 3.05) is 18.0 Å². The van der Waals surface area contributed by atoms with Crippen LogP contribution in [0.15, 0.2) is 42.5 Å². The van der Waals surface area contributed by atoms with E-state index in [0.29, 0.717) is 44.7 Å². The Hall–Kier alpha value is -1.62. The second-order valence-corrected chi connectivity index (χ2v) is 6.67. The Balaban J connectivity index is 1.56. The number of aliphatic hydroxyl groups is 1. The van der Waals surface area contributed by atoms with Crippen molar-refractivity contribution in [3.63, 3.8) is 0 Å². The molecule has 1 aliphatic rings. The highest BCUT2D eigenvalue weighted by atomic mass is 35.5. The Morgan fingerprint density at radius 2 is 1.79 bits per heavy atom. The highest BCUT2D eigenvalue weighted by Gasteiger charge is 2.19. The molecule has 0 saturated carbocycles. The van der Waals surface area contributed by atoms with E-state index in [4.69, 9.17) is 11.6 Å². The monoisotopic (exact) mass is 348 g/mol. The van der Waals surface area contributed by atoms with E-state index in [1.54, 1.807) is 6.07 Å². The van der Waals surface area contributed by atoms with Gasteiger partial charge in [-0.3, -0.25) is 0 Å². The first-order chi connectivity index (χ1) is 11.6. The first-order valence-corrected chi connectivity index (χ1v) is 8.66. The molecule has 1 heterocycles. The lowest BCUT2D eigenvalue weighted by atomic mass is 10.1. The maximum atomic E-state index is 14.4. The number of anilines is 1. The number of rotatable bonds is 5. The molecule has 1 saturated heterocycles. The maximum absolute atomic E-state index is 14.4. The van der Waals surface area contributed by atoms with Crippen molar-refractivity contribution in [3.8, 4) is 0 Å². The summed E-state index contributed by atoms with van der Waals surface area (Å²) in [4.78, 5) is 2.01. The molecule has 2 aromatic carbocycles. The summed E-state index contributed by atoms with van der Waals surface area (Å²) in [5, 5.41) is 13.6. The molecule has 0 spiro atoms. The Labute approximate surface area is 147 Å². The topological polar surface area (TPSA) is 35.5 Å². The van der Waals surface area contributed by atoms with Gasteiger partial charge in [-0.25, -0.2) is 4.39 Å². The van der Waals surface area contributed by atoms with Gasteiger partial charge in [-0.05, 0) is 48.2 Å². The largest absolute Gasteiger partial charge is 0.393 e. The average Bonchev–Trinajstić information content (AvgIpc) is 2.56. The molecule has 2 N–H and O–H groups in total. The van der Waals surface area contributed by atoms with Crippen LogP contribution in [-0.4, -0.2) is 24.3 Å². The molecule has 0 aliphatic carbocycles. The van der Waals surface area contributed by atoms with E-state index in [2.05, 4.69) is 5.32 Å². The summed E-state index contributed by atoms with van der Waals surface area (Å²) in [5.74, 6) is -0.201. The van der Waals surface area contributed by atoms with Crippen LogP contribution in [0, 0.1) is 5.82 Å². The molecule has 0 amide bonds. The Morgan fingerprint density at radius 1 is 1.08 bits per heavy atom. The molecular formula is C19H22ClFN2O. The van der Waals surface area contributed by atoms with Crippen LogP contribution in [0.5, 0.6) is 0 Å². The van der Waals surface area contributed by atoms with Crippen LogP contribution in [0.4, 0.5) is 10.1 Å². The Bertz CT molecular complexity index is 687. The van der Waals surface area contributed by atoms with Gasteiger partial charge in [0.1, 0.15) is 5.82 Å². The van der Waals surface area contributed by atoms with Crippen LogP contribution in [0.2, 0.25) is 5.02 Å². The molecule has 0 unspecified atom stereocenters. The minimum Gasteiger partial charge on any atom is -0.393 e. The van der Waals surface area contributed by atoms with E-state index in [1.807, 2.05) is 41.3 Å². The zero-order valence-electron chi connectivity index (χ0n) is 13.5. The van der Waals surface area contributed by atoms with Crippen molar-refractivity contribution >= 4 is 17.3 Å². The Morgan fingerprint density at radius 3 is 2.46 bits per heavy atom. The van der Waals surface area contributed by atoms with Crippen LogP contribution < -0.4 is 10.2 Å². The van der Waals surface area contributed by atoms with Crippen molar-refractivity contribution < 1.29 is 9.50 Å². The summed E-state index contributed by atoms with van der Waals surface area (Å²) in [5.41, 5.74) is 2.64. The lowest BCUT2D eigenvalue weighted by molar-refractivity contribution is 0.145. The second kappa shape index (κ2) is 7.97. The first-order valence-electron chi connectivity index (χ1n) is 8.28. The van der Waals surface area contributed by atoms with Gasteiger partial charge in [-0.2, -0.15) is 0 Å². The lowest BCUT2D eigenvalue weighted by Crippen LogP contribution is -2.36. The summed E-state index contributed by atoms with van der Waals surface area (Å²) in [6.45, 7) is 2.69. The SMILES string of the molecule is OC1CCN(c2ccc(CNCc3cccc(Cl)c3)cc2F)CC1. The minimum absolute atomic E-state index is 0.201. The lowest BCUT2D eigenvalue weighted by Gasteiger charge is -2.31. The number of halogens is 2. The van der Waals surface area contributed by atoms with Crippen LogP contribution in [-0.2, 0) is 13.1 Å². The molecular weight excluding hydrogens is 327 g/mol. The summed E-state index contributed by atoms with van der Waals surface area (Å²) in [6.07, 6.45) is 1.14. The van der Waals surface area contributed by atoms with E-state index in [0.717, 1.165) is 16.1 Å². The van der Waals surface area contributed by atoms with Crippen molar-refractivity contribution in [3.05, 3.63) is 64.4 Å². The third-order valence-corrected chi connectivity index (χ3v) is 4.60. The summed E-state index contributed by atoms with van der Waals surface area (Å²) in [7, 11) is 0. The molecule has 1 aliphatic heterocycles. The number of piperidine rings is 1. The number of benzene rings is 2. The van der Waals surface area contributed by atoms with Crippen molar-refractivity contribution in [2.24, 2.45) is 0 Å². The van der Waals surface area contributed by atoms with Crippen molar-refractivity contribution in [1.29, 1.82) is 0 Å². The molecule has 3 rings (SSSR count). The molecule has 2 aromatic rings. The zero-order chi connectivity index (χ0) is 16.9. The third kappa shape index (κ3) is 4.47. The van der Waals surface area contributed by atoms with E-state index in [1.165, 1.54) is 0 Å². The third-order valence-electron chi connectivity index (χ3n) is 4.36. The van der Waals surface area contributed by atoms with Gasteiger partial charge in [0.2, 0.25) is 0 Å². The van der Waals surface area contributed by atoms with E-state index >= 15 is 0 Å². The van der Waals surface area contributed by atoms with Gasteiger partial charge < -0.3 is 15.3 Å². The molecule has 0 aromatic heterocycles. The van der Waals surface area contributed by atoms with E-state index < -0.39 is 0 Å². The number of aliphatic hydroxyl groups excluding tert-OH is 1. The molecule has 5 heteroatoms. The molecule has 0 radical (unpaired) electrons. The standard InChI is InChI=1S/C19H22ClFN2O/c20-16-3-1-2-14(10-16)12-22-13-15-4-5-19(18(21)11-15)23-8-6-17(24)7-9-23/h1-5,10-11,17,22,24H,6-9,12-13H2. The number of hydrogen-bond donors (Lipinski definition) is 2. The van der Waals surface area contributed by atoms with Crippen molar-refractivity contribution in [1.82, 2.24) is 5.32 Å². The Kier molecular flexibility index (Phi) is 5.72. The maximum Gasteiger partial charge on any atom is 0.146 e. The zero-order valence-corrected chi connectivity index (χ0v) is 14.3. The number of nitrogens with zero attached hydrogens (tertiary/aromatic N) is 1. The summed E-state index contributed by atoms with van der Waals surface area (Å²) in [6, 6.07) is 13.1. The number of nitrogens with one attached hydrogen (secondary N) is 1.